The third-order valence-corrected chi connectivity index (χ3v) is 6.75. The lowest BCUT2D eigenvalue weighted by Gasteiger charge is -2.06. The normalized spacial score (nSPS) is 10.9. The number of carbonyl (C=O) groups is 2. The van der Waals surface area contributed by atoms with Crippen LogP contribution in [0.4, 0.5) is 5.00 Å². The largest absolute Gasteiger partial charge is 0.478 e. The number of amides is 1. The fourth-order valence-electron chi connectivity index (χ4n) is 2.80. The molecular formula is C20H12BrNO3S2. The monoisotopic (exact) mass is 457 g/mol. The zero-order valence-corrected chi connectivity index (χ0v) is 17.0. The summed E-state index contributed by atoms with van der Waals surface area (Å²) in [4.78, 5) is 25.1. The van der Waals surface area contributed by atoms with Crippen molar-refractivity contribution in [3.63, 3.8) is 0 Å². The summed E-state index contributed by atoms with van der Waals surface area (Å²) in [7, 11) is 0. The molecule has 4 rings (SSSR count). The van der Waals surface area contributed by atoms with Gasteiger partial charge >= 0.3 is 5.97 Å². The highest BCUT2D eigenvalue weighted by Gasteiger charge is 2.23. The number of aromatic carboxylic acids is 1. The van der Waals surface area contributed by atoms with Crippen LogP contribution in [0.1, 0.15) is 20.0 Å². The van der Waals surface area contributed by atoms with E-state index in [1.807, 2.05) is 54.6 Å². The van der Waals surface area contributed by atoms with Gasteiger partial charge in [-0.05, 0) is 29.1 Å². The lowest BCUT2D eigenvalue weighted by molar-refractivity contribution is 0.0699. The minimum Gasteiger partial charge on any atom is -0.478 e. The summed E-state index contributed by atoms with van der Waals surface area (Å²) in [5.41, 5.74) is 1.45. The predicted molar refractivity (Wildman–Crippen MR) is 114 cm³/mol. The van der Waals surface area contributed by atoms with Crippen LogP contribution >= 0.6 is 38.6 Å². The van der Waals surface area contributed by atoms with E-state index in [1.54, 1.807) is 5.38 Å². The van der Waals surface area contributed by atoms with Gasteiger partial charge in [-0.1, -0.05) is 52.3 Å². The molecule has 0 saturated heterocycles. The standard InChI is InChI=1S/C20H12BrNO3S2/c21-14-7-3-2-6-12(14)13-10-26-19(17(13)20(24)25)22-18(23)16-9-11-5-1-4-8-15(11)27-16/h1-10H,(H,22,23)(H,24,25). The average Bonchev–Trinajstić information content (AvgIpc) is 3.26. The Kier molecular flexibility index (Phi) is 4.82. The van der Waals surface area contributed by atoms with Crippen molar-refractivity contribution >= 4 is 65.6 Å². The Labute approximate surface area is 171 Å². The Balaban J connectivity index is 1.71. The molecule has 2 heterocycles. The molecule has 0 aliphatic rings. The number of anilines is 1. The summed E-state index contributed by atoms with van der Waals surface area (Å²) in [5.74, 6) is -1.38. The Bertz CT molecular complexity index is 1150. The number of carbonyl (C=O) groups excluding carboxylic acids is 1. The molecule has 134 valence electrons. The van der Waals surface area contributed by atoms with E-state index in [0.29, 0.717) is 15.4 Å². The van der Waals surface area contributed by atoms with Gasteiger partial charge in [-0.25, -0.2) is 4.79 Å². The van der Waals surface area contributed by atoms with E-state index in [0.717, 1.165) is 20.1 Å². The molecule has 2 aromatic heterocycles. The smallest absolute Gasteiger partial charge is 0.339 e. The SMILES string of the molecule is O=C(Nc1scc(-c2ccccc2Br)c1C(=O)O)c1cc2ccccc2s1. The molecule has 0 fully saturated rings. The molecule has 7 heteroatoms. The van der Waals surface area contributed by atoms with E-state index >= 15 is 0 Å². The summed E-state index contributed by atoms with van der Waals surface area (Å²) < 4.78 is 1.81. The summed E-state index contributed by atoms with van der Waals surface area (Å²) in [5, 5.41) is 15.6. The maximum atomic E-state index is 12.7. The summed E-state index contributed by atoms with van der Waals surface area (Å²) in [6.45, 7) is 0. The van der Waals surface area contributed by atoms with E-state index < -0.39 is 5.97 Å². The van der Waals surface area contributed by atoms with Gasteiger partial charge in [0.15, 0.2) is 0 Å². The second-order valence-corrected chi connectivity index (χ2v) is 8.56. The molecule has 0 aliphatic heterocycles. The molecule has 1 amide bonds. The average molecular weight is 458 g/mol. The summed E-state index contributed by atoms with van der Waals surface area (Å²) in [6.07, 6.45) is 0. The molecule has 2 aromatic carbocycles. The van der Waals surface area contributed by atoms with Crippen LogP contribution in [0.2, 0.25) is 0 Å². The zero-order valence-electron chi connectivity index (χ0n) is 13.7. The maximum absolute atomic E-state index is 12.7. The van der Waals surface area contributed by atoms with Crippen LogP contribution in [-0.2, 0) is 0 Å². The number of rotatable bonds is 4. The molecule has 0 atom stereocenters. The fourth-order valence-corrected chi connectivity index (χ4v) is 5.20. The van der Waals surface area contributed by atoms with Gasteiger partial charge < -0.3 is 10.4 Å². The lowest BCUT2D eigenvalue weighted by Crippen LogP contribution is -2.12. The molecule has 4 aromatic rings. The number of hydrogen-bond acceptors (Lipinski definition) is 4. The van der Waals surface area contributed by atoms with E-state index in [9.17, 15) is 14.7 Å². The quantitative estimate of drug-likeness (QED) is 0.375. The predicted octanol–water partition coefficient (Wildman–Crippen LogP) is 6.34. The fraction of sp³-hybridized carbons (Fsp3) is 0. The van der Waals surface area contributed by atoms with Gasteiger partial charge in [-0.3, -0.25) is 4.79 Å². The number of carboxylic acids is 1. The van der Waals surface area contributed by atoms with E-state index in [1.165, 1.54) is 22.7 Å². The van der Waals surface area contributed by atoms with Gasteiger partial charge in [-0.2, -0.15) is 0 Å². The van der Waals surface area contributed by atoms with E-state index in [4.69, 9.17) is 0 Å². The van der Waals surface area contributed by atoms with Crippen molar-refractivity contribution in [1.82, 2.24) is 0 Å². The number of hydrogen-bond donors (Lipinski definition) is 2. The molecule has 27 heavy (non-hydrogen) atoms. The van der Waals surface area contributed by atoms with Crippen molar-refractivity contribution in [3.8, 4) is 11.1 Å². The van der Waals surface area contributed by atoms with Gasteiger partial charge in [0.25, 0.3) is 5.91 Å². The summed E-state index contributed by atoms with van der Waals surface area (Å²) >= 11 is 6.05. The second-order valence-electron chi connectivity index (χ2n) is 5.74. The molecule has 4 nitrogen and oxygen atoms in total. The van der Waals surface area contributed by atoms with Crippen LogP contribution in [0.5, 0.6) is 0 Å². The lowest BCUT2D eigenvalue weighted by atomic mass is 10.0. The Morgan fingerprint density at radius 2 is 1.74 bits per heavy atom. The van der Waals surface area contributed by atoms with Crippen LogP contribution in [-0.4, -0.2) is 17.0 Å². The second kappa shape index (κ2) is 7.26. The van der Waals surface area contributed by atoms with Gasteiger partial charge in [0, 0.05) is 20.1 Å². The topological polar surface area (TPSA) is 66.4 Å². The first-order valence-corrected chi connectivity index (χ1v) is 10.4. The van der Waals surface area contributed by atoms with Crippen molar-refractivity contribution in [2.45, 2.75) is 0 Å². The Morgan fingerprint density at radius 3 is 2.48 bits per heavy atom. The first-order valence-electron chi connectivity index (χ1n) is 7.94. The van der Waals surface area contributed by atoms with Crippen LogP contribution in [0.3, 0.4) is 0 Å². The number of halogens is 1. The van der Waals surface area contributed by atoms with Crippen molar-refractivity contribution in [2.75, 3.05) is 5.32 Å². The number of carboxylic acid groups (broad SMARTS) is 1. The minimum absolute atomic E-state index is 0.0985. The number of benzene rings is 2. The number of nitrogens with one attached hydrogen (secondary N) is 1. The molecule has 0 saturated carbocycles. The third-order valence-electron chi connectivity index (χ3n) is 4.05. The van der Waals surface area contributed by atoms with Crippen molar-refractivity contribution in [3.05, 3.63) is 74.9 Å². The number of fused-ring (bicyclic) bond motifs is 1. The van der Waals surface area contributed by atoms with E-state index in [2.05, 4.69) is 21.2 Å². The maximum Gasteiger partial charge on any atom is 0.339 e. The van der Waals surface area contributed by atoms with Gasteiger partial charge in [-0.15, -0.1) is 22.7 Å². The number of thiophene rings is 2. The zero-order chi connectivity index (χ0) is 19.0. The minimum atomic E-state index is -1.08. The van der Waals surface area contributed by atoms with Crippen molar-refractivity contribution in [2.24, 2.45) is 0 Å². The van der Waals surface area contributed by atoms with Crippen molar-refractivity contribution in [1.29, 1.82) is 0 Å². The van der Waals surface area contributed by atoms with Crippen LogP contribution < -0.4 is 5.32 Å². The van der Waals surface area contributed by atoms with Gasteiger partial charge in [0.1, 0.15) is 10.6 Å². The Morgan fingerprint density at radius 1 is 1.00 bits per heavy atom. The highest BCUT2D eigenvalue weighted by molar-refractivity contribution is 9.10. The van der Waals surface area contributed by atoms with Crippen LogP contribution in [0, 0.1) is 0 Å². The Hall–Kier alpha value is -2.48. The molecular weight excluding hydrogens is 446 g/mol. The molecule has 0 radical (unpaired) electrons. The summed E-state index contributed by atoms with van der Waals surface area (Å²) in [6, 6.07) is 17.0. The van der Waals surface area contributed by atoms with Crippen LogP contribution in [0.25, 0.3) is 21.2 Å². The first kappa shape index (κ1) is 17.9. The van der Waals surface area contributed by atoms with Crippen LogP contribution in [0.15, 0.2) is 64.5 Å². The molecule has 0 bridgehead atoms. The van der Waals surface area contributed by atoms with E-state index in [-0.39, 0.29) is 11.5 Å². The highest BCUT2D eigenvalue weighted by atomic mass is 79.9. The van der Waals surface area contributed by atoms with Crippen molar-refractivity contribution < 1.29 is 14.7 Å². The van der Waals surface area contributed by atoms with Gasteiger partial charge in [0.05, 0.1) is 4.88 Å². The third kappa shape index (κ3) is 3.41. The molecule has 0 spiro atoms. The highest BCUT2D eigenvalue weighted by Crippen LogP contribution is 2.39. The molecule has 2 N–H and O–H groups in total. The van der Waals surface area contributed by atoms with Gasteiger partial charge in [0.2, 0.25) is 0 Å². The molecule has 0 aliphatic carbocycles. The molecule has 0 unspecified atom stereocenters. The first-order chi connectivity index (χ1) is 13.0.